The Labute approximate surface area is 163 Å². The van der Waals surface area contributed by atoms with Crippen LogP contribution in [-0.4, -0.2) is 55.2 Å². The van der Waals surface area contributed by atoms with Crippen LogP contribution in [0.3, 0.4) is 0 Å². The Morgan fingerprint density at radius 2 is 1.86 bits per heavy atom. The van der Waals surface area contributed by atoms with Crippen LogP contribution in [0.5, 0.6) is 0 Å². The second kappa shape index (κ2) is 8.46. The first kappa shape index (κ1) is 18.5. The molecule has 0 radical (unpaired) electrons. The lowest BCUT2D eigenvalue weighted by molar-refractivity contribution is 0.0383. The van der Waals surface area contributed by atoms with Crippen molar-refractivity contribution < 1.29 is 13.9 Å². The number of halogens is 1. The van der Waals surface area contributed by atoms with Crippen molar-refractivity contribution in [2.75, 3.05) is 39.4 Å². The molecular formula is C22H22FN3O2. The molecule has 4 rings (SSSR count). The summed E-state index contributed by atoms with van der Waals surface area (Å²) in [6.45, 7) is 4.63. The van der Waals surface area contributed by atoms with Crippen molar-refractivity contribution >= 4 is 16.8 Å². The highest BCUT2D eigenvalue weighted by atomic mass is 19.1. The second-order valence-electron chi connectivity index (χ2n) is 6.79. The summed E-state index contributed by atoms with van der Waals surface area (Å²) in [5, 5.41) is 3.82. The van der Waals surface area contributed by atoms with Gasteiger partial charge < -0.3 is 10.1 Å². The third-order valence-corrected chi connectivity index (χ3v) is 4.92. The molecule has 2 aromatic carbocycles. The molecule has 1 saturated heterocycles. The van der Waals surface area contributed by atoms with Gasteiger partial charge in [-0.1, -0.05) is 18.2 Å². The van der Waals surface area contributed by atoms with Gasteiger partial charge in [-0.25, -0.2) is 9.37 Å². The van der Waals surface area contributed by atoms with Crippen LogP contribution in [0.15, 0.2) is 54.6 Å². The third-order valence-electron chi connectivity index (χ3n) is 4.92. The van der Waals surface area contributed by atoms with Gasteiger partial charge in [-0.05, 0) is 36.4 Å². The van der Waals surface area contributed by atoms with Gasteiger partial charge in [0.25, 0.3) is 5.91 Å². The highest BCUT2D eigenvalue weighted by Crippen LogP contribution is 2.25. The van der Waals surface area contributed by atoms with Gasteiger partial charge >= 0.3 is 0 Å². The summed E-state index contributed by atoms with van der Waals surface area (Å²) < 4.78 is 18.6. The first-order valence-electron chi connectivity index (χ1n) is 9.45. The van der Waals surface area contributed by atoms with E-state index in [0.29, 0.717) is 17.8 Å². The van der Waals surface area contributed by atoms with Gasteiger partial charge in [-0.3, -0.25) is 9.69 Å². The van der Waals surface area contributed by atoms with Crippen LogP contribution in [-0.2, 0) is 4.74 Å². The molecule has 1 aliphatic rings. The Morgan fingerprint density at radius 3 is 2.64 bits per heavy atom. The summed E-state index contributed by atoms with van der Waals surface area (Å²) in [5.74, 6) is -0.430. The van der Waals surface area contributed by atoms with E-state index < -0.39 is 0 Å². The number of para-hydroxylation sites is 1. The minimum absolute atomic E-state index is 0.129. The lowest BCUT2D eigenvalue weighted by Gasteiger charge is -2.26. The zero-order chi connectivity index (χ0) is 19.3. The van der Waals surface area contributed by atoms with Crippen molar-refractivity contribution in [2.24, 2.45) is 0 Å². The fourth-order valence-corrected chi connectivity index (χ4v) is 3.38. The van der Waals surface area contributed by atoms with E-state index in [-0.39, 0.29) is 11.7 Å². The molecule has 28 heavy (non-hydrogen) atoms. The quantitative estimate of drug-likeness (QED) is 0.740. The molecule has 1 N–H and O–H groups in total. The van der Waals surface area contributed by atoms with Crippen molar-refractivity contribution in [1.82, 2.24) is 15.2 Å². The molecule has 0 unspecified atom stereocenters. The Balaban J connectivity index is 1.57. The van der Waals surface area contributed by atoms with Gasteiger partial charge in [0.1, 0.15) is 5.82 Å². The molecule has 2 heterocycles. The molecule has 0 saturated carbocycles. The molecule has 5 nitrogen and oxygen atoms in total. The molecule has 1 amide bonds. The summed E-state index contributed by atoms with van der Waals surface area (Å²) >= 11 is 0. The summed E-state index contributed by atoms with van der Waals surface area (Å²) in [6, 6.07) is 15.5. The molecule has 144 valence electrons. The smallest absolute Gasteiger partial charge is 0.252 e. The van der Waals surface area contributed by atoms with Gasteiger partial charge in [-0.15, -0.1) is 0 Å². The van der Waals surface area contributed by atoms with E-state index in [1.54, 1.807) is 18.2 Å². The Kier molecular flexibility index (Phi) is 5.60. The minimum Gasteiger partial charge on any atom is -0.379 e. The van der Waals surface area contributed by atoms with E-state index in [0.717, 1.165) is 49.3 Å². The number of carbonyl (C=O) groups excluding carboxylic acids is 1. The maximum Gasteiger partial charge on any atom is 0.252 e. The Morgan fingerprint density at radius 1 is 1.11 bits per heavy atom. The van der Waals surface area contributed by atoms with Crippen LogP contribution >= 0.6 is 0 Å². The zero-order valence-corrected chi connectivity index (χ0v) is 15.5. The average molecular weight is 379 g/mol. The molecule has 6 heteroatoms. The zero-order valence-electron chi connectivity index (χ0n) is 15.5. The maximum atomic E-state index is 13.3. The predicted molar refractivity (Wildman–Crippen MR) is 107 cm³/mol. The fourth-order valence-electron chi connectivity index (χ4n) is 3.38. The molecule has 1 aliphatic heterocycles. The van der Waals surface area contributed by atoms with Gasteiger partial charge in [0.05, 0.1) is 30.0 Å². The van der Waals surface area contributed by atoms with Crippen molar-refractivity contribution in [2.45, 2.75) is 0 Å². The van der Waals surface area contributed by atoms with E-state index in [1.165, 1.54) is 12.1 Å². The number of fused-ring (bicyclic) bond motifs is 1. The summed E-state index contributed by atoms with van der Waals surface area (Å²) in [4.78, 5) is 19.8. The number of hydrogen-bond acceptors (Lipinski definition) is 4. The van der Waals surface area contributed by atoms with Gasteiger partial charge in [0, 0.05) is 37.1 Å². The number of nitrogens with zero attached hydrogens (tertiary/aromatic N) is 2. The lowest BCUT2D eigenvalue weighted by atomic mass is 10.0. The van der Waals surface area contributed by atoms with E-state index >= 15 is 0 Å². The molecule has 0 atom stereocenters. The number of nitrogens with one attached hydrogen (secondary N) is 1. The standard InChI is InChI=1S/C22H22FN3O2/c23-17-7-5-16(6-8-17)21-15-19(18-3-1-2-4-20(18)25-21)22(27)24-9-10-26-11-13-28-14-12-26/h1-8,15H,9-14H2,(H,24,27). The molecule has 0 aliphatic carbocycles. The highest BCUT2D eigenvalue weighted by Gasteiger charge is 2.15. The van der Waals surface area contributed by atoms with E-state index in [2.05, 4.69) is 15.2 Å². The number of rotatable bonds is 5. The molecule has 1 fully saturated rings. The molecular weight excluding hydrogens is 357 g/mol. The van der Waals surface area contributed by atoms with E-state index in [1.807, 2.05) is 24.3 Å². The van der Waals surface area contributed by atoms with Crippen LogP contribution in [0.4, 0.5) is 4.39 Å². The minimum atomic E-state index is -0.300. The number of carbonyl (C=O) groups is 1. The van der Waals surface area contributed by atoms with Crippen LogP contribution in [0.25, 0.3) is 22.2 Å². The van der Waals surface area contributed by atoms with Crippen LogP contribution in [0.1, 0.15) is 10.4 Å². The highest BCUT2D eigenvalue weighted by molar-refractivity contribution is 6.07. The largest absolute Gasteiger partial charge is 0.379 e. The molecule has 0 bridgehead atoms. The maximum absolute atomic E-state index is 13.3. The first-order valence-corrected chi connectivity index (χ1v) is 9.45. The van der Waals surface area contributed by atoms with E-state index in [9.17, 15) is 9.18 Å². The summed E-state index contributed by atoms with van der Waals surface area (Å²) in [5.41, 5.74) is 2.74. The number of morpholine rings is 1. The fraction of sp³-hybridized carbons (Fsp3) is 0.273. The normalized spacial score (nSPS) is 14.9. The van der Waals surface area contributed by atoms with Gasteiger partial charge in [0.15, 0.2) is 0 Å². The number of benzene rings is 2. The number of aromatic nitrogens is 1. The van der Waals surface area contributed by atoms with Crippen LogP contribution in [0.2, 0.25) is 0 Å². The summed E-state index contributed by atoms with van der Waals surface area (Å²) in [7, 11) is 0. The van der Waals surface area contributed by atoms with Crippen molar-refractivity contribution in [3.63, 3.8) is 0 Å². The first-order chi connectivity index (χ1) is 13.7. The number of ether oxygens (including phenoxy) is 1. The second-order valence-corrected chi connectivity index (χ2v) is 6.79. The topological polar surface area (TPSA) is 54.5 Å². The van der Waals surface area contributed by atoms with E-state index in [4.69, 9.17) is 4.74 Å². The summed E-state index contributed by atoms with van der Waals surface area (Å²) in [6.07, 6.45) is 0. The van der Waals surface area contributed by atoms with Gasteiger partial charge in [0.2, 0.25) is 0 Å². The average Bonchev–Trinajstić information content (AvgIpc) is 2.74. The van der Waals surface area contributed by atoms with Crippen molar-refractivity contribution in [1.29, 1.82) is 0 Å². The molecule has 0 spiro atoms. The Bertz CT molecular complexity index is 969. The SMILES string of the molecule is O=C(NCCN1CCOCC1)c1cc(-c2ccc(F)cc2)nc2ccccc12. The number of pyridine rings is 1. The number of amides is 1. The monoisotopic (exact) mass is 379 g/mol. The van der Waals surface area contributed by atoms with Crippen molar-refractivity contribution in [3.05, 3.63) is 66.0 Å². The Hall–Kier alpha value is -2.83. The van der Waals surface area contributed by atoms with Crippen molar-refractivity contribution in [3.8, 4) is 11.3 Å². The van der Waals surface area contributed by atoms with Crippen LogP contribution in [0, 0.1) is 5.82 Å². The third kappa shape index (κ3) is 4.18. The van der Waals surface area contributed by atoms with Crippen LogP contribution < -0.4 is 5.32 Å². The number of hydrogen-bond donors (Lipinski definition) is 1. The van der Waals surface area contributed by atoms with Gasteiger partial charge in [-0.2, -0.15) is 0 Å². The molecule has 1 aromatic heterocycles. The molecule has 3 aromatic rings. The lowest BCUT2D eigenvalue weighted by Crippen LogP contribution is -2.41. The predicted octanol–water partition coefficient (Wildman–Crippen LogP) is 3.10.